The summed E-state index contributed by atoms with van der Waals surface area (Å²) in [6, 6.07) is 0. The van der Waals surface area contributed by atoms with Gasteiger partial charge in [0.15, 0.2) is 0 Å². The maximum absolute atomic E-state index is 5.76. The van der Waals surface area contributed by atoms with Crippen LogP contribution in [0.3, 0.4) is 0 Å². The Balaban J connectivity index is 2.63. The largest absolute Gasteiger partial charge is 0.330 e. The van der Waals surface area contributed by atoms with Crippen molar-refractivity contribution in [2.24, 2.45) is 28.4 Å². The highest BCUT2D eigenvalue weighted by Crippen LogP contribution is 2.70. The molecule has 2 N–H and O–H groups in total. The fourth-order valence-corrected chi connectivity index (χ4v) is 3.01. The van der Waals surface area contributed by atoms with Crippen LogP contribution < -0.4 is 5.73 Å². The molecule has 1 aliphatic rings. The van der Waals surface area contributed by atoms with Crippen molar-refractivity contribution in [1.82, 2.24) is 0 Å². The zero-order chi connectivity index (χ0) is 9.57. The molecule has 0 aromatic rings. The van der Waals surface area contributed by atoms with Crippen LogP contribution in [0, 0.1) is 22.7 Å². The van der Waals surface area contributed by atoms with Crippen LogP contribution in [0.2, 0.25) is 0 Å². The molecule has 12 heavy (non-hydrogen) atoms. The van der Waals surface area contributed by atoms with E-state index < -0.39 is 0 Å². The quantitative estimate of drug-likeness (QED) is 0.690. The third-order valence-electron chi connectivity index (χ3n) is 4.10. The van der Waals surface area contributed by atoms with E-state index in [0.717, 1.165) is 18.4 Å². The molecule has 72 valence electrons. The van der Waals surface area contributed by atoms with E-state index in [0.29, 0.717) is 10.8 Å². The van der Waals surface area contributed by atoms with Gasteiger partial charge in [-0.1, -0.05) is 34.6 Å². The highest BCUT2D eigenvalue weighted by atomic mass is 14.8. The first kappa shape index (κ1) is 10.0. The number of rotatable bonds is 3. The topological polar surface area (TPSA) is 26.0 Å². The Hall–Kier alpha value is -0.0400. The van der Waals surface area contributed by atoms with Crippen molar-refractivity contribution in [3.8, 4) is 0 Å². The molecule has 2 atom stereocenters. The molecule has 0 heterocycles. The van der Waals surface area contributed by atoms with E-state index >= 15 is 0 Å². The summed E-state index contributed by atoms with van der Waals surface area (Å²) in [6.45, 7) is 12.6. The molecule has 0 aromatic heterocycles. The molecular weight excluding hydrogens is 146 g/mol. The predicted octanol–water partition coefficient (Wildman–Crippen LogP) is 2.65. The summed E-state index contributed by atoms with van der Waals surface area (Å²) in [4.78, 5) is 0. The van der Waals surface area contributed by atoms with Gasteiger partial charge in [-0.25, -0.2) is 0 Å². The van der Waals surface area contributed by atoms with Gasteiger partial charge in [0.05, 0.1) is 0 Å². The van der Waals surface area contributed by atoms with Gasteiger partial charge in [0.25, 0.3) is 0 Å². The second-order valence-corrected chi connectivity index (χ2v) is 5.53. The molecule has 1 fully saturated rings. The maximum atomic E-state index is 5.76. The van der Waals surface area contributed by atoms with E-state index in [-0.39, 0.29) is 0 Å². The van der Waals surface area contributed by atoms with Crippen LogP contribution in [0.4, 0.5) is 0 Å². The van der Waals surface area contributed by atoms with Gasteiger partial charge in [-0.15, -0.1) is 0 Å². The van der Waals surface area contributed by atoms with Gasteiger partial charge in [-0.3, -0.25) is 0 Å². The maximum Gasteiger partial charge on any atom is -0.00381 e. The van der Waals surface area contributed by atoms with E-state index in [4.69, 9.17) is 5.73 Å². The summed E-state index contributed by atoms with van der Waals surface area (Å²) in [6.07, 6.45) is 1.32. The van der Waals surface area contributed by atoms with E-state index in [1.807, 2.05) is 0 Å². The summed E-state index contributed by atoms with van der Waals surface area (Å²) in [5.74, 6) is 1.54. The van der Waals surface area contributed by atoms with Crippen molar-refractivity contribution in [3.05, 3.63) is 0 Å². The van der Waals surface area contributed by atoms with E-state index in [1.54, 1.807) is 0 Å². The van der Waals surface area contributed by atoms with Gasteiger partial charge in [0.2, 0.25) is 0 Å². The first-order chi connectivity index (χ1) is 5.36. The van der Waals surface area contributed by atoms with Gasteiger partial charge in [-0.05, 0) is 35.6 Å². The first-order valence-electron chi connectivity index (χ1n) is 5.06. The lowest BCUT2D eigenvalue weighted by molar-refractivity contribution is 0.335. The molecular formula is C11H23N. The fourth-order valence-electron chi connectivity index (χ4n) is 3.01. The van der Waals surface area contributed by atoms with Crippen molar-refractivity contribution < 1.29 is 0 Å². The molecule has 1 nitrogen and oxygen atoms in total. The minimum atomic E-state index is 0.478. The Kier molecular flexibility index (Phi) is 2.28. The lowest BCUT2D eigenvalue weighted by Gasteiger charge is -2.16. The normalized spacial score (nSPS) is 38.8. The van der Waals surface area contributed by atoms with Crippen LogP contribution >= 0.6 is 0 Å². The smallest absolute Gasteiger partial charge is 0.00381 e. The minimum Gasteiger partial charge on any atom is -0.330 e. The minimum absolute atomic E-state index is 0.478. The lowest BCUT2D eigenvalue weighted by atomic mass is 9.89. The van der Waals surface area contributed by atoms with Crippen molar-refractivity contribution in [2.45, 2.75) is 41.0 Å². The monoisotopic (exact) mass is 169 g/mol. The van der Waals surface area contributed by atoms with Crippen molar-refractivity contribution >= 4 is 0 Å². The Morgan fingerprint density at radius 2 is 1.75 bits per heavy atom. The third kappa shape index (κ3) is 1.19. The zero-order valence-electron chi connectivity index (χ0n) is 9.15. The zero-order valence-corrected chi connectivity index (χ0v) is 9.15. The summed E-state index contributed by atoms with van der Waals surface area (Å²) < 4.78 is 0. The molecule has 1 heteroatoms. The fraction of sp³-hybridized carbons (Fsp3) is 1.00. The number of nitrogens with two attached hydrogens (primary N) is 1. The molecule has 0 bridgehead atoms. The molecule has 2 unspecified atom stereocenters. The van der Waals surface area contributed by atoms with Gasteiger partial charge in [-0.2, -0.15) is 0 Å². The average Bonchev–Trinajstić information content (AvgIpc) is 2.24. The second-order valence-electron chi connectivity index (χ2n) is 5.53. The van der Waals surface area contributed by atoms with Gasteiger partial charge >= 0.3 is 0 Å². The van der Waals surface area contributed by atoms with Crippen molar-refractivity contribution in [3.63, 3.8) is 0 Å². The summed E-state index contributed by atoms with van der Waals surface area (Å²) in [5, 5.41) is 0. The predicted molar refractivity (Wildman–Crippen MR) is 53.9 cm³/mol. The molecule has 0 aromatic carbocycles. The summed E-state index contributed by atoms with van der Waals surface area (Å²) in [7, 11) is 0. The molecule has 0 radical (unpaired) electrons. The molecule has 1 aliphatic carbocycles. The number of hydrogen-bond donors (Lipinski definition) is 1. The van der Waals surface area contributed by atoms with Gasteiger partial charge < -0.3 is 5.73 Å². The Bertz CT molecular complexity index is 172. The standard InChI is InChI=1S/C11H23N/c1-8(2)6-11(5)9(7-12)10(11,3)4/h8-9H,6-7,12H2,1-5H3. The van der Waals surface area contributed by atoms with E-state index in [9.17, 15) is 0 Å². The Morgan fingerprint density at radius 1 is 1.25 bits per heavy atom. The first-order valence-corrected chi connectivity index (χ1v) is 5.06. The molecule has 0 amide bonds. The highest BCUT2D eigenvalue weighted by molar-refractivity contribution is 5.14. The summed E-state index contributed by atoms with van der Waals surface area (Å²) in [5.41, 5.74) is 6.75. The molecule has 0 spiro atoms. The van der Waals surface area contributed by atoms with Crippen LogP contribution in [0.5, 0.6) is 0 Å². The van der Waals surface area contributed by atoms with Crippen molar-refractivity contribution in [2.75, 3.05) is 6.54 Å². The molecule has 0 saturated heterocycles. The third-order valence-corrected chi connectivity index (χ3v) is 4.10. The van der Waals surface area contributed by atoms with Crippen LogP contribution in [-0.2, 0) is 0 Å². The second kappa shape index (κ2) is 2.73. The van der Waals surface area contributed by atoms with Crippen molar-refractivity contribution in [1.29, 1.82) is 0 Å². The van der Waals surface area contributed by atoms with Gasteiger partial charge in [0.1, 0.15) is 0 Å². The van der Waals surface area contributed by atoms with Crippen LogP contribution in [0.1, 0.15) is 41.0 Å². The lowest BCUT2D eigenvalue weighted by Crippen LogP contribution is -2.10. The summed E-state index contributed by atoms with van der Waals surface area (Å²) >= 11 is 0. The van der Waals surface area contributed by atoms with E-state index in [2.05, 4.69) is 34.6 Å². The SMILES string of the molecule is CC(C)CC1(C)C(CN)C1(C)C. The van der Waals surface area contributed by atoms with Gasteiger partial charge in [0, 0.05) is 0 Å². The van der Waals surface area contributed by atoms with E-state index in [1.165, 1.54) is 6.42 Å². The van der Waals surface area contributed by atoms with Crippen LogP contribution in [-0.4, -0.2) is 6.54 Å². The molecule has 0 aliphatic heterocycles. The Morgan fingerprint density at radius 3 is 2.00 bits per heavy atom. The van der Waals surface area contributed by atoms with Crippen LogP contribution in [0.15, 0.2) is 0 Å². The highest BCUT2D eigenvalue weighted by Gasteiger charge is 2.66. The molecule has 1 saturated carbocycles. The van der Waals surface area contributed by atoms with Crippen LogP contribution in [0.25, 0.3) is 0 Å². The molecule has 1 rings (SSSR count). The average molecular weight is 169 g/mol. The number of hydrogen-bond acceptors (Lipinski definition) is 1. The Labute approximate surface area is 76.7 Å².